The molecule has 1 aromatic carbocycles. The number of hydrogen-bond acceptors (Lipinski definition) is 6. The predicted octanol–water partition coefficient (Wildman–Crippen LogP) is 1.47. The molecular weight excluding hydrogens is 280 g/mol. The number of anilines is 1. The van der Waals surface area contributed by atoms with Gasteiger partial charge in [-0.1, -0.05) is 18.2 Å². The van der Waals surface area contributed by atoms with Crippen LogP contribution >= 0.6 is 0 Å². The first-order chi connectivity index (χ1) is 10.9. The molecule has 0 radical (unpaired) electrons. The van der Waals surface area contributed by atoms with Crippen LogP contribution in [0.15, 0.2) is 36.7 Å². The highest BCUT2D eigenvalue weighted by molar-refractivity contribution is 5.38. The highest BCUT2D eigenvalue weighted by atomic mass is 16.5. The number of hydrogen-bond donors (Lipinski definition) is 1. The van der Waals surface area contributed by atoms with Gasteiger partial charge in [-0.05, 0) is 6.07 Å². The Morgan fingerprint density at radius 1 is 1.18 bits per heavy atom. The van der Waals surface area contributed by atoms with E-state index in [1.54, 1.807) is 19.5 Å². The number of piperazine rings is 1. The van der Waals surface area contributed by atoms with E-state index in [9.17, 15) is 0 Å². The molecule has 1 aromatic heterocycles. The lowest BCUT2D eigenvalue weighted by atomic mass is 10.2. The smallest absolute Gasteiger partial charge is 0.234 e. The monoisotopic (exact) mass is 300 g/mol. The summed E-state index contributed by atoms with van der Waals surface area (Å²) in [6.45, 7) is 4.21. The van der Waals surface area contributed by atoms with Crippen LogP contribution in [0.4, 0.5) is 5.82 Å². The van der Waals surface area contributed by atoms with Crippen molar-refractivity contribution in [2.75, 3.05) is 38.2 Å². The molecule has 3 rings (SSSR count). The van der Waals surface area contributed by atoms with E-state index in [0.29, 0.717) is 12.5 Å². The van der Waals surface area contributed by atoms with Gasteiger partial charge in [0.25, 0.3) is 0 Å². The van der Waals surface area contributed by atoms with E-state index in [4.69, 9.17) is 9.47 Å². The summed E-state index contributed by atoms with van der Waals surface area (Å²) in [4.78, 5) is 11.0. The Labute approximate surface area is 130 Å². The van der Waals surface area contributed by atoms with E-state index >= 15 is 0 Å². The minimum absolute atomic E-state index is 0.406. The van der Waals surface area contributed by atoms with Gasteiger partial charge in [0.1, 0.15) is 12.4 Å². The molecule has 6 heteroatoms. The first kappa shape index (κ1) is 14.6. The summed E-state index contributed by atoms with van der Waals surface area (Å²) in [5.41, 5.74) is 0.986. The Hall–Kier alpha value is -2.34. The summed E-state index contributed by atoms with van der Waals surface area (Å²) in [6.07, 6.45) is 3.42. The summed E-state index contributed by atoms with van der Waals surface area (Å²) in [7, 11) is 1.66. The third-order valence-corrected chi connectivity index (χ3v) is 3.61. The van der Waals surface area contributed by atoms with E-state index in [-0.39, 0.29) is 0 Å². The molecule has 0 atom stereocenters. The average Bonchev–Trinajstić information content (AvgIpc) is 2.61. The number of nitrogens with zero attached hydrogens (tertiary/aromatic N) is 3. The molecule has 1 saturated heterocycles. The van der Waals surface area contributed by atoms with Gasteiger partial charge in [-0.25, -0.2) is 0 Å². The van der Waals surface area contributed by atoms with Crippen molar-refractivity contribution >= 4 is 5.82 Å². The Kier molecular flexibility index (Phi) is 4.70. The molecule has 1 aliphatic heterocycles. The van der Waals surface area contributed by atoms with E-state index < -0.39 is 0 Å². The van der Waals surface area contributed by atoms with Crippen LogP contribution in [-0.4, -0.2) is 43.3 Å². The first-order valence-electron chi connectivity index (χ1n) is 7.39. The van der Waals surface area contributed by atoms with Crippen molar-refractivity contribution in [1.82, 2.24) is 15.3 Å². The van der Waals surface area contributed by atoms with Crippen molar-refractivity contribution in [3.63, 3.8) is 0 Å². The van der Waals surface area contributed by atoms with Crippen LogP contribution in [-0.2, 0) is 6.61 Å². The van der Waals surface area contributed by atoms with Crippen LogP contribution in [0.2, 0.25) is 0 Å². The minimum atomic E-state index is 0.406. The molecule has 1 fully saturated rings. The van der Waals surface area contributed by atoms with Gasteiger partial charge in [-0.3, -0.25) is 4.98 Å². The number of nitrogens with one attached hydrogen (secondary N) is 1. The zero-order chi connectivity index (χ0) is 15.2. The molecule has 1 aliphatic rings. The van der Waals surface area contributed by atoms with Gasteiger partial charge in [0.05, 0.1) is 19.5 Å². The number of para-hydroxylation sites is 1. The second kappa shape index (κ2) is 7.09. The van der Waals surface area contributed by atoms with E-state index in [0.717, 1.165) is 43.3 Å². The highest BCUT2D eigenvalue weighted by Crippen LogP contribution is 2.20. The molecule has 2 aromatic rings. The molecule has 0 unspecified atom stereocenters. The van der Waals surface area contributed by atoms with Crippen molar-refractivity contribution in [2.24, 2.45) is 0 Å². The van der Waals surface area contributed by atoms with Gasteiger partial charge >= 0.3 is 0 Å². The summed E-state index contributed by atoms with van der Waals surface area (Å²) < 4.78 is 11.1. The lowest BCUT2D eigenvalue weighted by molar-refractivity contribution is 0.284. The Balaban J connectivity index is 1.67. The summed E-state index contributed by atoms with van der Waals surface area (Å²) in [6, 6.07) is 7.80. The standard InChI is InChI=1S/C16H20N4O2/c1-21-14-5-3-2-4-13(14)12-22-16-11-18-10-15(19-16)20-8-6-17-7-9-20/h2-5,10-11,17H,6-9,12H2,1H3. The van der Waals surface area contributed by atoms with Crippen LogP contribution < -0.4 is 19.7 Å². The maximum absolute atomic E-state index is 5.77. The fraction of sp³-hybridized carbons (Fsp3) is 0.375. The third-order valence-electron chi connectivity index (χ3n) is 3.61. The average molecular weight is 300 g/mol. The molecule has 0 saturated carbocycles. The molecule has 6 nitrogen and oxygen atoms in total. The highest BCUT2D eigenvalue weighted by Gasteiger charge is 2.13. The maximum Gasteiger partial charge on any atom is 0.234 e. The summed E-state index contributed by atoms with van der Waals surface area (Å²) in [5, 5.41) is 3.32. The molecule has 0 bridgehead atoms. The fourth-order valence-corrected chi connectivity index (χ4v) is 2.43. The third kappa shape index (κ3) is 3.46. The predicted molar refractivity (Wildman–Crippen MR) is 84.4 cm³/mol. The zero-order valence-corrected chi connectivity index (χ0v) is 12.7. The molecule has 0 spiro atoms. The van der Waals surface area contributed by atoms with Crippen molar-refractivity contribution < 1.29 is 9.47 Å². The van der Waals surface area contributed by atoms with Gasteiger partial charge in [0.15, 0.2) is 5.82 Å². The van der Waals surface area contributed by atoms with Crippen molar-refractivity contribution in [2.45, 2.75) is 6.61 Å². The quantitative estimate of drug-likeness (QED) is 0.902. The van der Waals surface area contributed by atoms with E-state index in [2.05, 4.69) is 20.2 Å². The van der Waals surface area contributed by atoms with Gasteiger partial charge in [-0.2, -0.15) is 4.98 Å². The Morgan fingerprint density at radius 3 is 2.82 bits per heavy atom. The van der Waals surface area contributed by atoms with Crippen LogP contribution in [0.25, 0.3) is 0 Å². The lowest BCUT2D eigenvalue weighted by Crippen LogP contribution is -2.43. The number of ether oxygens (including phenoxy) is 2. The number of rotatable bonds is 5. The number of aromatic nitrogens is 2. The molecule has 2 heterocycles. The van der Waals surface area contributed by atoms with Crippen LogP contribution in [0, 0.1) is 0 Å². The molecule has 0 amide bonds. The van der Waals surface area contributed by atoms with Crippen LogP contribution in [0.1, 0.15) is 5.56 Å². The molecule has 0 aliphatic carbocycles. The molecular formula is C16H20N4O2. The van der Waals surface area contributed by atoms with E-state index in [1.807, 2.05) is 24.3 Å². The Bertz CT molecular complexity index is 615. The molecule has 1 N–H and O–H groups in total. The first-order valence-corrected chi connectivity index (χ1v) is 7.39. The van der Waals surface area contributed by atoms with Gasteiger partial charge in [0, 0.05) is 31.7 Å². The van der Waals surface area contributed by atoms with Crippen LogP contribution in [0.5, 0.6) is 11.6 Å². The normalized spacial score (nSPS) is 14.7. The molecule has 116 valence electrons. The second-order valence-corrected chi connectivity index (χ2v) is 5.05. The Morgan fingerprint density at radius 2 is 2.00 bits per heavy atom. The second-order valence-electron chi connectivity index (χ2n) is 5.05. The molecule has 22 heavy (non-hydrogen) atoms. The van der Waals surface area contributed by atoms with Crippen molar-refractivity contribution in [3.05, 3.63) is 42.2 Å². The minimum Gasteiger partial charge on any atom is -0.496 e. The number of benzene rings is 1. The largest absolute Gasteiger partial charge is 0.496 e. The zero-order valence-electron chi connectivity index (χ0n) is 12.7. The lowest BCUT2D eigenvalue weighted by Gasteiger charge is -2.28. The topological polar surface area (TPSA) is 59.5 Å². The van der Waals surface area contributed by atoms with Crippen LogP contribution in [0.3, 0.4) is 0 Å². The van der Waals surface area contributed by atoms with Gasteiger partial charge < -0.3 is 19.7 Å². The summed E-state index contributed by atoms with van der Waals surface area (Å²) >= 11 is 0. The van der Waals surface area contributed by atoms with Gasteiger partial charge in [-0.15, -0.1) is 0 Å². The van der Waals surface area contributed by atoms with Crippen molar-refractivity contribution in [1.29, 1.82) is 0 Å². The van der Waals surface area contributed by atoms with Crippen molar-refractivity contribution in [3.8, 4) is 11.6 Å². The summed E-state index contributed by atoms with van der Waals surface area (Å²) in [5.74, 6) is 2.20. The fourth-order valence-electron chi connectivity index (χ4n) is 2.43. The SMILES string of the molecule is COc1ccccc1COc1cncc(N2CCNCC2)n1. The van der Waals surface area contributed by atoms with Gasteiger partial charge in [0.2, 0.25) is 5.88 Å². The number of methoxy groups -OCH3 is 1. The maximum atomic E-state index is 5.77. The van der Waals surface area contributed by atoms with E-state index in [1.165, 1.54) is 0 Å².